The van der Waals surface area contributed by atoms with E-state index in [-0.39, 0.29) is 29.9 Å². The number of benzene rings is 2. The molecule has 15 heteroatoms. The third-order valence-electron chi connectivity index (χ3n) is 5.33. The lowest BCUT2D eigenvalue weighted by Crippen LogP contribution is -2.38. The van der Waals surface area contributed by atoms with Gasteiger partial charge in [-0.05, 0) is 42.0 Å². The maximum Gasteiger partial charge on any atom is 0.416 e. The second-order valence-electron chi connectivity index (χ2n) is 8.05. The highest BCUT2D eigenvalue weighted by molar-refractivity contribution is 6.30. The molecule has 3 rings (SSSR count). The summed E-state index contributed by atoms with van der Waals surface area (Å²) in [5, 5.41) is 9.05. The van der Waals surface area contributed by atoms with Crippen molar-refractivity contribution in [3.63, 3.8) is 0 Å². The summed E-state index contributed by atoms with van der Waals surface area (Å²) in [5.74, 6) is -0.937. The van der Waals surface area contributed by atoms with Gasteiger partial charge >= 0.3 is 18.0 Å². The molecule has 0 bridgehead atoms. The van der Waals surface area contributed by atoms with Crippen LogP contribution in [0.5, 0.6) is 0 Å². The van der Waals surface area contributed by atoms with E-state index in [4.69, 9.17) is 11.6 Å². The Morgan fingerprint density at radius 3 is 2.37 bits per heavy atom. The monoisotopic (exact) mass is 563 g/mol. The van der Waals surface area contributed by atoms with Crippen molar-refractivity contribution in [2.24, 2.45) is 0 Å². The van der Waals surface area contributed by atoms with Crippen molar-refractivity contribution < 1.29 is 35.9 Å². The number of alkyl halides is 6. The van der Waals surface area contributed by atoms with Crippen LogP contribution in [0.2, 0.25) is 5.02 Å². The van der Waals surface area contributed by atoms with E-state index in [1.54, 1.807) is 0 Å². The normalized spacial score (nSPS) is 12.7. The molecule has 3 aromatic rings. The molecule has 2 amide bonds. The number of carbonyl (C=O) groups excluding carboxylic acids is 2. The highest BCUT2D eigenvalue weighted by atomic mass is 35.5. The van der Waals surface area contributed by atoms with Gasteiger partial charge in [0.25, 0.3) is 0 Å². The molecule has 0 saturated carbocycles. The summed E-state index contributed by atoms with van der Waals surface area (Å²) in [6.45, 7) is -1.79. The van der Waals surface area contributed by atoms with Crippen LogP contribution in [-0.2, 0) is 28.9 Å². The first-order valence-corrected chi connectivity index (χ1v) is 11.3. The van der Waals surface area contributed by atoms with E-state index >= 15 is 0 Å². The number of nitrogens with one attached hydrogen (secondary N) is 2. The van der Waals surface area contributed by atoms with Gasteiger partial charge in [0.1, 0.15) is 6.54 Å². The average Bonchev–Trinajstić information content (AvgIpc) is 3.14. The van der Waals surface area contributed by atoms with Crippen LogP contribution < -0.4 is 16.3 Å². The summed E-state index contributed by atoms with van der Waals surface area (Å²) in [6, 6.07) is 8.90. The zero-order valence-electron chi connectivity index (χ0n) is 19.3. The van der Waals surface area contributed by atoms with Crippen LogP contribution >= 0.6 is 11.6 Å². The third-order valence-corrected chi connectivity index (χ3v) is 5.58. The standard InChI is InChI=1S/C23H20ClF6N5O3/c24-17-6-4-14(5-7-17)20-33-35(21(38)34(20)9-8-22(25,26)27)12-19(37)31-11-18(32-13-36)15-2-1-3-16(10-15)23(28,29)30/h1-7,10,13,18H,8-9,11-12H2,(H,31,37)(H,32,36). The number of hydrogen-bond donors (Lipinski definition) is 2. The van der Waals surface area contributed by atoms with E-state index in [0.717, 1.165) is 22.8 Å². The lowest BCUT2D eigenvalue weighted by molar-refractivity contribution is -0.138. The summed E-state index contributed by atoms with van der Waals surface area (Å²) in [4.78, 5) is 36.3. The van der Waals surface area contributed by atoms with Crippen LogP contribution in [-0.4, -0.2) is 39.4 Å². The number of aromatic nitrogens is 3. The van der Waals surface area contributed by atoms with Crippen molar-refractivity contribution >= 4 is 23.9 Å². The van der Waals surface area contributed by atoms with E-state index in [2.05, 4.69) is 15.7 Å². The fourth-order valence-electron chi connectivity index (χ4n) is 3.49. The lowest BCUT2D eigenvalue weighted by Gasteiger charge is -2.18. The van der Waals surface area contributed by atoms with Crippen LogP contribution in [0.3, 0.4) is 0 Å². The van der Waals surface area contributed by atoms with Crippen LogP contribution in [0.25, 0.3) is 11.4 Å². The second-order valence-corrected chi connectivity index (χ2v) is 8.49. The fourth-order valence-corrected chi connectivity index (χ4v) is 3.62. The molecule has 0 aliphatic carbocycles. The number of amides is 2. The molecule has 0 aliphatic heterocycles. The Balaban J connectivity index is 1.80. The van der Waals surface area contributed by atoms with Crippen molar-refractivity contribution in [3.8, 4) is 11.4 Å². The van der Waals surface area contributed by atoms with Crippen LogP contribution in [0.15, 0.2) is 53.3 Å². The van der Waals surface area contributed by atoms with E-state index in [0.29, 0.717) is 9.70 Å². The maximum absolute atomic E-state index is 13.0. The van der Waals surface area contributed by atoms with Crippen LogP contribution in [0.4, 0.5) is 26.3 Å². The highest BCUT2D eigenvalue weighted by Crippen LogP contribution is 2.30. The molecule has 38 heavy (non-hydrogen) atoms. The average molecular weight is 564 g/mol. The fraction of sp³-hybridized carbons (Fsp3) is 0.304. The largest absolute Gasteiger partial charge is 0.416 e. The Morgan fingerprint density at radius 2 is 1.76 bits per heavy atom. The van der Waals surface area contributed by atoms with Gasteiger partial charge in [0, 0.05) is 23.7 Å². The Kier molecular flexibility index (Phi) is 8.86. The molecule has 0 saturated heterocycles. The first-order valence-electron chi connectivity index (χ1n) is 10.9. The van der Waals surface area contributed by atoms with Gasteiger partial charge in [-0.2, -0.15) is 26.3 Å². The van der Waals surface area contributed by atoms with Crippen molar-refractivity contribution in [3.05, 3.63) is 75.2 Å². The molecule has 0 radical (unpaired) electrons. The zero-order chi connectivity index (χ0) is 28.1. The number of rotatable bonds is 10. The molecular weight excluding hydrogens is 544 g/mol. The summed E-state index contributed by atoms with van der Waals surface area (Å²) in [5.41, 5.74) is -1.59. The van der Waals surface area contributed by atoms with Crippen molar-refractivity contribution in [2.75, 3.05) is 6.54 Å². The van der Waals surface area contributed by atoms with Gasteiger partial charge in [-0.15, -0.1) is 5.10 Å². The molecule has 204 valence electrons. The first-order chi connectivity index (χ1) is 17.8. The molecule has 0 aliphatic rings. The number of carbonyl (C=O) groups is 2. The molecule has 1 unspecified atom stereocenters. The van der Waals surface area contributed by atoms with Gasteiger partial charge in [0.15, 0.2) is 5.82 Å². The Hall–Kier alpha value is -3.81. The third kappa shape index (κ3) is 7.60. The van der Waals surface area contributed by atoms with Gasteiger partial charge < -0.3 is 10.6 Å². The Morgan fingerprint density at radius 1 is 1.08 bits per heavy atom. The van der Waals surface area contributed by atoms with E-state index < -0.39 is 55.1 Å². The molecule has 0 fully saturated rings. The lowest BCUT2D eigenvalue weighted by atomic mass is 10.0. The highest BCUT2D eigenvalue weighted by Gasteiger charge is 2.31. The van der Waals surface area contributed by atoms with Crippen molar-refractivity contribution in [1.82, 2.24) is 25.0 Å². The van der Waals surface area contributed by atoms with Gasteiger partial charge in [0.05, 0.1) is 18.0 Å². The van der Waals surface area contributed by atoms with E-state index in [1.807, 2.05) is 0 Å². The van der Waals surface area contributed by atoms with Crippen LogP contribution in [0, 0.1) is 0 Å². The number of hydrogen-bond acceptors (Lipinski definition) is 4. The molecule has 2 aromatic carbocycles. The minimum atomic E-state index is -4.63. The number of halogens is 7. The quantitative estimate of drug-likeness (QED) is 0.288. The summed E-state index contributed by atoms with van der Waals surface area (Å²) < 4.78 is 79.1. The smallest absolute Gasteiger partial charge is 0.352 e. The van der Waals surface area contributed by atoms with Crippen molar-refractivity contribution in [1.29, 1.82) is 0 Å². The topological polar surface area (TPSA) is 98.0 Å². The van der Waals surface area contributed by atoms with E-state index in [1.165, 1.54) is 30.3 Å². The minimum absolute atomic E-state index is 0.0610. The Labute approximate surface area is 216 Å². The number of nitrogens with zero attached hydrogens (tertiary/aromatic N) is 3. The van der Waals surface area contributed by atoms with Crippen molar-refractivity contribution in [2.45, 2.75) is 37.9 Å². The molecule has 1 atom stereocenters. The molecule has 8 nitrogen and oxygen atoms in total. The molecule has 2 N–H and O–H groups in total. The molecule has 1 heterocycles. The van der Waals surface area contributed by atoms with Crippen LogP contribution in [0.1, 0.15) is 23.6 Å². The van der Waals surface area contributed by atoms with E-state index in [9.17, 15) is 40.7 Å². The zero-order valence-corrected chi connectivity index (χ0v) is 20.1. The molecular formula is C23H20ClF6N5O3. The summed E-state index contributed by atoms with van der Waals surface area (Å²) in [7, 11) is 0. The summed E-state index contributed by atoms with van der Waals surface area (Å²) >= 11 is 5.84. The predicted octanol–water partition coefficient (Wildman–Crippen LogP) is 3.94. The molecule has 0 spiro atoms. The summed E-state index contributed by atoms with van der Waals surface area (Å²) in [6.07, 6.45) is -10.2. The minimum Gasteiger partial charge on any atom is -0.352 e. The SMILES string of the molecule is O=CNC(CNC(=O)Cn1nc(-c2ccc(Cl)cc2)n(CCC(F)(F)F)c1=O)c1cccc(C(F)(F)F)c1. The van der Waals surface area contributed by atoms with Gasteiger partial charge in [-0.3, -0.25) is 14.2 Å². The van der Waals surface area contributed by atoms with Gasteiger partial charge in [-0.1, -0.05) is 23.7 Å². The maximum atomic E-state index is 13.0. The predicted molar refractivity (Wildman–Crippen MR) is 124 cm³/mol. The van der Waals surface area contributed by atoms with Gasteiger partial charge in [-0.25, -0.2) is 9.48 Å². The Bertz CT molecular complexity index is 1340. The first kappa shape index (κ1) is 28.8. The second kappa shape index (κ2) is 11.7. The molecule has 1 aromatic heterocycles. The van der Waals surface area contributed by atoms with Gasteiger partial charge in [0.2, 0.25) is 12.3 Å².